The van der Waals surface area contributed by atoms with Crippen LogP contribution in [0.3, 0.4) is 0 Å². The van der Waals surface area contributed by atoms with Crippen LogP contribution in [0, 0.1) is 0 Å². The summed E-state index contributed by atoms with van der Waals surface area (Å²) in [5.74, 6) is 1.29. The Morgan fingerprint density at radius 2 is 1.87 bits per heavy atom. The van der Waals surface area contributed by atoms with Crippen LogP contribution in [0.15, 0.2) is 72.9 Å². The number of hydrogen-bond donors (Lipinski definition) is 1. The summed E-state index contributed by atoms with van der Waals surface area (Å²) in [6.07, 6.45) is 1.62. The maximum Gasteiger partial charge on any atom is 0.274 e. The second kappa shape index (κ2) is 9.30. The molecule has 7 nitrogen and oxygen atoms in total. The zero-order valence-corrected chi connectivity index (χ0v) is 17.2. The average Bonchev–Trinajstić information content (AvgIpc) is 2.81. The molecule has 0 aliphatic carbocycles. The Kier molecular flexibility index (Phi) is 6.12. The summed E-state index contributed by atoms with van der Waals surface area (Å²) in [5.41, 5.74) is 1.40. The molecule has 4 rings (SSSR count). The minimum Gasteiger partial charge on any atom is -0.495 e. The molecule has 1 aliphatic rings. The van der Waals surface area contributed by atoms with Crippen LogP contribution in [0.25, 0.3) is 0 Å². The Labute approximate surface area is 180 Å². The van der Waals surface area contributed by atoms with Crippen molar-refractivity contribution in [1.82, 2.24) is 4.98 Å². The van der Waals surface area contributed by atoms with Gasteiger partial charge in [-0.2, -0.15) is 0 Å². The highest BCUT2D eigenvalue weighted by atomic mass is 16.5. The van der Waals surface area contributed by atoms with Crippen LogP contribution in [0.5, 0.6) is 11.5 Å². The van der Waals surface area contributed by atoms with Gasteiger partial charge in [-0.15, -0.1) is 0 Å². The minimum absolute atomic E-state index is 0.147. The van der Waals surface area contributed by atoms with Crippen LogP contribution in [0.2, 0.25) is 0 Å². The van der Waals surface area contributed by atoms with Gasteiger partial charge in [-0.05, 0) is 30.7 Å². The van der Waals surface area contributed by atoms with Gasteiger partial charge in [-0.1, -0.05) is 42.5 Å². The number of ether oxygens (including phenoxy) is 2. The zero-order chi connectivity index (χ0) is 21.6. The smallest absolute Gasteiger partial charge is 0.274 e. The third kappa shape index (κ3) is 4.50. The van der Waals surface area contributed by atoms with Gasteiger partial charge in [-0.3, -0.25) is 14.5 Å². The lowest BCUT2D eigenvalue weighted by Gasteiger charge is -2.33. The molecule has 0 saturated heterocycles. The molecule has 0 radical (unpaired) electrons. The van der Waals surface area contributed by atoms with E-state index in [0.717, 1.165) is 5.56 Å². The van der Waals surface area contributed by atoms with E-state index < -0.39 is 6.10 Å². The predicted octanol–water partition coefficient (Wildman–Crippen LogP) is 3.98. The van der Waals surface area contributed by atoms with E-state index in [-0.39, 0.29) is 18.2 Å². The molecule has 1 atom stereocenters. The molecule has 1 aliphatic heterocycles. The van der Waals surface area contributed by atoms with Crippen molar-refractivity contribution in [2.75, 3.05) is 23.9 Å². The number of fused-ring (bicyclic) bond motifs is 1. The van der Waals surface area contributed by atoms with Crippen LogP contribution in [0.1, 0.15) is 24.5 Å². The highest BCUT2D eigenvalue weighted by Gasteiger charge is 2.36. The Bertz CT molecular complexity index is 1070. The number of carbonyl (C=O) groups excluding carboxylic acids is 2. The Hall–Kier alpha value is -3.87. The number of rotatable bonds is 7. The summed E-state index contributed by atoms with van der Waals surface area (Å²) in [6.45, 7) is 0.356. The second-order valence-corrected chi connectivity index (χ2v) is 7.08. The lowest BCUT2D eigenvalue weighted by molar-refractivity contribution is -0.127. The number of benzene rings is 2. The Balaban J connectivity index is 1.44. The summed E-state index contributed by atoms with van der Waals surface area (Å²) < 4.78 is 11.2. The standard InChI is InChI=1S/C24H23N3O4/c1-30-19-12-6-5-11-18(19)26-21(28)14-8-16-27-23-20(13-7-15-25-23)31-22(24(27)29)17-9-3-2-4-10-17/h2-7,9-13,15,22H,8,14,16H2,1H3,(H,26,28)/t22-/m1/s1. The van der Waals surface area contributed by atoms with E-state index in [9.17, 15) is 9.59 Å². The molecule has 0 bridgehead atoms. The summed E-state index contributed by atoms with van der Waals surface area (Å²) in [4.78, 5) is 31.5. The van der Waals surface area contributed by atoms with Crippen LogP contribution in [-0.2, 0) is 9.59 Å². The van der Waals surface area contributed by atoms with Gasteiger partial charge in [0, 0.05) is 24.7 Å². The molecule has 2 amide bonds. The van der Waals surface area contributed by atoms with Crippen molar-refractivity contribution in [3.05, 3.63) is 78.5 Å². The maximum absolute atomic E-state index is 13.2. The molecule has 7 heteroatoms. The third-order valence-corrected chi connectivity index (χ3v) is 5.01. The number of nitrogens with zero attached hydrogens (tertiary/aromatic N) is 2. The topological polar surface area (TPSA) is 80.8 Å². The van der Waals surface area contributed by atoms with Gasteiger partial charge in [0.15, 0.2) is 11.6 Å². The van der Waals surface area contributed by atoms with Crippen molar-refractivity contribution in [3.63, 3.8) is 0 Å². The van der Waals surface area contributed by atoms with E-state index in [1.165, 1.54) is 0 Å². The summed E-state index contributed by atoms with van der Waals surface area (Å²) in [5, 5.41) is 2.86. The quantitative estimate of drug-likeness (QED) is 0.629. The van der Waals surface area contributed by atoms with Gasteiger partial charge < -0.3 is 14.8 Å². The summed E-state index contributed by atoms with van der Waals surface area (Å²) in [6, 6.07) is 20.2. The van der Waals surface area contributed by atoms with Gasteiger partial charge in [0.1, 0.15) is 5.75 Å². The highest BCUT2D eigenvalue weighted by Crippen LogP contribution is 2.37. The van der Waals surface area contributed by atoms with Crippen LogP contribution >= 0.6 is 0 Å². The average molecular weight is 417 g/mol. The monoisotopic (exact) mass is 417 g/mol. The minimum atomic E-state index is -0.736. The number of hydrogen-bond acceptors (Lipinski definition) is 5. The van der Waals surface area contributed by atoms with Crippen LogP contribution < -0.4 is 19.7 Å². The van der Waals surface area contributed by atoms with Crippen molar-refractivity contribution in [2.24, 2.45) is 0 Å². The van der Waals surface area contributed by atoms with E-state index in [1.54, 1.807) is 42.5 Å². The number of carbonyl (C=O) groups is 2. The number of amides is 2. The fraction of sp³-hybridized carbons (Fsp3) is 0.208. The SMILES string of the molecule is COc1ccccc1NC(=O)CCCN1C(=O)[C@@H](c2ccccc2)Oc2cccnc21. The van der Waals surface area contributed by atoms with E-state index in [1.807, 2.05) is 42.5 Å². The third-order valence-electron chi connectivity index (χ3n) is 5.01. The van der Waals surface area contributed by atoms with E-state index in [0.29, 0.717) is 36.0 Å². The number of methoxy groups -OCH3 is 1. The highest BCUT2D eigenvalue weighted by molar-refractivity contribution is 5.99. The molecular formula is C24H23N3O4. The Morgan fingerprint density at radius 1 is 1.10 bits per heavy atom. The number of anilines is 2. The molecule has 0 saturated carbocycles. The van der Waals surface area contributed by atoms with Crippen molar-refractivity contribution >= 4 is 23.3 Å². The number of para-hydroxylation sites is 2. The van der Waals surface area contributed by atoms with Gasteiger partial charge >= 0.3 is 0 Å². The van der Waals surface area contributed by atoms with Crippen molar-refractivity contribution in [1.29, 1.82) is 0 Å². The molecule has 0 fully saturated rings. The maximum atomic E-state index is 13.2. The summed E-state index contributed by atoms with van der Waals surface area (Å²) >= 11 is 0. The molecular weight excluding hydrogens is 394 g/mol. The van der Waals surface area contributed by atoms with Gasteiger partial charge in [0.2, 0.25) is 12.0 Å². The van der Waals surface area contributed by atoms with E-state index in [4.69, 9.17) is 9.47 Å². The first-order valence-electron chi connectivity index (χ1n) is 10.1. The van der Waals surface area contributed by atoms with E-state index in [2.05, 4.69) is 10.3 Å². The van der Waals surface area contributed by atoms with Gasteiger partial charge in [-0.25, -0.2) is 4.98 Å². The molecule has 1 aromatic heterocycles. The van der Waals surface area contributed by atoms with E-state index >= 15 is 0 Å². The molecule has 31 heavy (non-hydrogen) atoms. The van der Waals surface area contributed by atoms with Crippen LogP contribution in [-0.4, -0.2) is 30.5 Å². The molecule has 2 heterocycles. The molecule has 158 valence electrons. The fourth-order valence-electron chi connectivity index (χ4n) is 3.51. The van der Waals surface area contributed by atoms with Crippen molar-refractivity contribution < 1.29 is 19.1 Å². The first-order chi connectivity index (χ1) is 15.2. The first-order valence-corrected chi connectivity index (χ1v) is 10.1. The zero-order valence-electron chi connectivity index (χ0n) is 17.2. The molecule has 0 spiro atoms. The fourth-order valence-corrected chi connectivity index (χ4v) is 3.51. The first kappa shape index (κ1) is 20.4. The van der Waals surface area contributed by atoms with Gasteiger partial charge in [0.25, 0.3) is 5.91 Å². The lowest BCUT2D eigenvalue weighted by atomic mass is 10.1. The molecule has 2 aromatic carbocycles. The largest absolute Gasteiger partial charge is 0.495 e. The molecule has 1 N–H and O–H groups in total. The molecule has 0 unspecified atom stereocenters. The molecule has 3 aromatic rings. The normalized spacial score (nSPS) is 15.1. The second-order valence-electron chi connectivity index (χ2n) is 7.08. The number of pyridine rings is 1. The van der Waals surface area contributed by atoms with Crippen molar-refractivity contribution in [2.45, 2.75) is 18.9 Å². The van der Waals surface area contributed by atoms with Crippen molar-refractivity contribution in [3.8, 4) is 11.5 Å². The van der Waals surface area contributed by atoms with Crippen LogP contribution in [0.4, 0.5) is 11.5 Å². The van der Waals surface area contributed by atoms with Gasteiger partial charge in [0.05, 0.1) is 12.8 Å². The predicted molar refractivity (Wildman–Crippen MR) is 117 cm³/mol. The summed E-state index contributed by atoms with van der Waals surface area (Å²) in [7, 11) is 1.56. The number of nitrogens with one attached hydrogen (secondary N) is 1. The Morgan fingerprint density at radius 3 is 2.68 bits per heavy atom. The lowest BCUT2D eigenvalue weighted by Crippen LogP contribution is -2.42. The number of aromatic nitrogens is 1.